The molecule has 3 atom stereocenters. The maximum absolute atomic E-state index is 13.7. The van der Waals surface area contributed by atoms with Crippen LogP contribution in [0.1, 0.15) is 18.9 Å². The van der Waals surface area contributed by atoms with Gasteiger partial charge in [-0.15, -0.1) is 0 Å². The van der Waals surface area contributed by atoms with Crippen LogP contribution in [0, 0.1) is 5.92 Å². The normalized spacial score (nSPS) is 27.2. The number of hydrogen-bond acceptors (Lipinski definition) is 6. The number of alkyl halides is 1. The van der Waals surface area contributed by atoms with Crippen LogP contribution in [0.15, 0.2) is 6.33 Å². The summed E-state index contributed by atoms with van der Waals surface area (Å²) in [6.07, 6.45) is 1.45. The van der Waals surface area contributed by atoms with Gasteiger partial charge in [0.2, 0.25) is 5.95 Å². The maximum Gasteiger partial charge on any atom is 0.224 e. The van der Waals surface area contributed by atoms with Crippen molar-refractivity contribution in [2.75, 3.05) is 18.1 Å². The Kier molecular flexibility index (Phi) is 2.74. The Morgan fingerprint density at radius 1 is 1.37 bits per heavy atom. The van der Waals surface area contributed by atoms with Gasteiger partial charge in [0.1, 0.15) is 11.7 Å². The highest BCUT2D eigenvalue weighted by Crippen LogP contribution is 2.38. The van der Waals surface area contributed by atoms with Crippen molar-refractivity contribution < 1.29 is 9.50 Å². The molecule has 19 heavy (non-hydrogen) atoms. The lowest BCUT2D eigenvalue weighted by atomic mass is 10.1. The van der Waals surface area contributed by atoms with Gasteiger partial charge in [0, 0.05) is 18.6 Å². The van der Waals surface area contributed by atoms with Crippen LogP contribution in [-0.4, -0.2) is 37.4 Å². The molecule has 0 saturated heterocycles. The van der Waals surface area contributed by atoms with Gasteiger partial charge in [-0.25, -0.2) is 9.37 Å². The van der Waals surface area contributed by atoms with Gasteiger partial charge in [-0.1, -0.05) is 0 Å². The van der Waals surface area contributed by atoms with E-state index in [9.17, 15) is 4.39 Å². The summed E-state index contributed by atoms with van der Waals surface area (Å²) in [5.41, 5.74) is 12.3. The van der Waals surface area contributed by atoms with Crippen molar-refractivity contribution in [3.05, 3.63) is 6.33 Å². The number of aromatic nitrogens is 4. The van der Waals surface area contributed by atoms with Gasteiger partial charge >= 0.3 is 0 Å². The fourth-order valence-corrected chi connectivity index (χ4v) is 2.68. The van der Waals surface area contributed by atoms with E-state index >= 15 is 0 Å². The highest BCUT2D eigenvalue weighted by atomic mass is 19.1. The zero-order valence-electron chi connectivity index (χ0n) is 10.2. The fraction of sp³-hybridized carbons (Fsp3) is 0.545. The van der Waals surface area contributed by atoms with Gasteiger partial charge < -0.3 is 21.1 Å². The number of fused-ring (bicyclic) bond motifs is 1. The summed E-state index contributed by atoms with van der Waals surface area (Å²) in [5.74, 6) is -0.0472. The summed E-state index contributed by atoms with van der Waals surface area (Å²) in [6.45, 7) is -0.149. The quantitative estimate of drug-likeness (QED) is 0.718. The number of nitrogens with two attached hydrogens (primary N) is 2. The second kappa shape index (κ2) is 4.30. The third kappa shape index (κ3) is 1.88. The number of imidazole rings is 1. The predicted molar refractivity (Wildman–Crippen MR) is 67.9 cm³/mol. The molecule has 2 aromatic heterocycles. The minimum Gasteiger partial charge on any atom is -0.396 e. The molecule has 3 rings (SSSR count). The molecule has 5 N–H and O–H groups in total. The Bertz CT molecular complexity index is 614. The number of rotatable bonds is 2. The van der Waals surface area contributed by atoms with E-state index in [1.54, 1.807) is 10.9 Å². The topological polar surface area (TPSA) is 116 Å². The summed E-state index contributed by atoms with van der Waals surface area (Å²) < 4.78 is 15.5. The van der Waals surface area contributed by atoms with Crippen molar-refractivity contribution in [1.29, 1.82) is 0 Å². The average Bonchev–Trinajstić information content (AvgIpc) is 2.92. The third-order valence-corrected chi connectivity index (χ3v) is 3.68. The average molecular weight is 266 g/mol. The molecule has 0 aromatic carbocycles. The Balaban J connectivity index is 2.02. The standard InChI is InChI=1S/C11H15FN6O/c12-7-2-6(1-5(7)3-19)18-4-15-8-9(13)16-11(14)17-10(8)18/h4-7,19H,1-3H2,(H4,13,14,16,17). The van der Waals surface area contributed by atoms with E-state index in [-0.39, 0.29) is 30.3 Å². The SMILES string of the molecule is Nc1nc(N)c2ncn(C3CC(F)C(CO)C3)c2n1. The van der Waals surface area contributed by atoms with Crippen LogP contribution < -0.4 is 11.5 Å². The van der Waals surface area contributed by atoms with Gasteiger partial charge in [-0.2, -0.15) is 9.97 Å². The summed E-state index contributed by atoms with van der Waals surface area (Å²) in [7, 11) is 0. The van der Waals surface area contributed by atoms with E-state index in [1.807, 2.05) is 0 Å². The van der Waals surface area contributed by atoms with Crippen LogP contribution in [0.4, 0.5) is 16.2 Å². The van der Waals surface area contributed by atoms with E-state index < -0.39 is 6.17 Å². The first-order valence-electron chi connectivity index (χ1n) is 6.10. The number of aliphatic hydroxyl groups is 1. The molecular weight excluding hydrogens is 251 g/mol. The molecule has 8 heteroatoms. The van der Waals surface area contributed by atoms with Gasteiger partial charge in [0.05, 0.1) is 6.33 Å². The fourth-order valence-electron chi connectivity index (χ4n) is 2.68. The predicted octanol–water partition coefficient (Wildman–Crippen LogP) is 0.272. The van der Waals surface area contributed by atoms with E-state index in [1.165, 1.54) is 0 Å². The van der Waals surface area contributed by atoms with Crippen LogP contribution in [0.2, 0.25) is 0 Å². The number of halogens is 1. The number of hydrogen-bond donors (Lipinski definition) is 3. The molecule has 1 saturated carbocycles. The first-order chi connectivity index (χ1) is 9.10. The molecule has 7 nitrogen and oxygen atoms in total. The zero-order chi connectivity index (χ0) is 13.6. The Labute approximate surface area is 108 Å². The van der Waals surface area contributed by atoms with Crippen LogP contribution in [0.3, 0.4) is 0 Å². The molecule has 0 bridgehead atoms. The molecule has 0 aliphatic heterocycles. The van der Waals surface area contributed by atoms with E-state index in [2.05, 4.69) is 15.0 Å². The molecule has 0 amide bonds. The zero-order valence-corrected chi connectivity index (χ0v) is 10.2. The van der Waals surface area contributed by atoms with Gasteiger partial charge in [0.25, 0.3) is 0 Å². The first kappa shape index (κ1) is 12.1. The lowest BCUT2D eigenvalue weighted by Gasteiger charge is -2.12. The number of nitrogen functional groups attached to an aromatic ring is 2. The lowest BCUT2D eigenvalue weighted by molar-refractivity contribution is 0.162. The summed E-state index contributed by atoms with van der Waals surface area (Å²) >= 11 is 0. The molecular formula is C11H15FN6O. The molecule has 0 spiro atoms. The van der Waals surface area contributed by atoms with E-state index in [0.29, 0.717) is 24.0 Å². The molecule has 2 heterocycles. The summed E-state index contributed by atoms with van der Waals surface area (Å²) in [5, 5.41) is 9.12. The lowest BCUT2D eigenvalue weighted by Crippen LogP contribution is -2.11. The van der Waals surface area contributed by atoms with Crippen molar-refractivity contribution in [1.82, 2.24) is 19.5 Å². The molecule has 0 radical (unpaired) electrons. The van der Waals surface area contributed by atoms with Gasteiger partial charge in [-0.3, -0.25) is 0 Å². The van der Waals surface area contributed by atoms with Crippen molar-refractivity contribution in [2.24, 2.45) is 5.92 Å². The van der Waals surface area contributed by atoms with Crippen LogP contribution >= 0.6 is 0 Å². The van der Waals surface area contributed by atoms with E-state index in [4.69, 9.17) is 16.6 Å². The van der Waals surface area contributed by atoms with E-state index in [0.717, 1.165) is 0 Å². The third-order valence-electron chi connectivity index (χ3n) is 3.68. The second-order valence-corrected chi connectivity index (χ2v) is 4.87. The van der Waals surface area contributed by atoms with Crippen LogP contribution in [-0.2, 0) is 0 Å². The second-order valence-electron chi connectivity index (χ2n) is 4.87. The summed E-state index contributed by atoms with van der Waals surface area (Å²) in [6, 6.07) is -0.0918. The molecule has 2 aromatic rings. The molecule has 1 aliphatic rings. The van der Waals surface area contributed by atoms with Crippen LogP contribution in [0.25, 0.3) is 11.2 Å². The minimum atomic E-state index is -1.01. The molecule has 1 aliphatic carbocycles. The molecule has 102 valence electrons. The van der Waals surface area contributed by atoms with Crippen molar-refractivity contribution in [3.63, 3.8) is 0 Å². The maximum atomic E-state index is 13.7. The van der Waals surface area contributed by atoms with Crippen LogP contribution in [0.5, 0.6) is 0 Å². The Morgan fingerprint density at radius 2 is 2.16 bits per heavy atom. The Morgan fingerprint density at radius 3 is 2.84 bits per heavy atom. The van der Waals surface area contributed by atoms with Gasteiger partial charge in [0.15, 0.2) is 11.5 Å². The van der Waals surface area contributed by atoms with Crippen molar-refractivity contribution in [3.8, 4) is 0 Å². The number of nitrogens with zero attached hydrogens (tertiary/aromatic N) is 4. The van der Waals surface area contributed by atoms with Crippen molar-refractivity contribution in [2.45, 2.75) is 25.1 Å². The monoisotopic (exact) mass is 266 g/mol. The van der Waals surface area contributed by atoms with Gasteiger partial charge in [-0.05, 0) is 12.8 Å². The minimum absolute atomic E-state index is 0.0697. The highest BCUT2D eigenvalue weighted by molar-refractivity contribution is 5.82. The van der Waals surface area contributed by atoms with Crippen molar-refractivity contribution >= 4 is 22.9 Å². The highest BCUT2D eigenvalue weighted by Gasteiger charge is 2.35. The smallest absolute Gasteiger partial charge is 0.224 e. The Hall–Kier alpha value is -1.96. The summed E-state index contributed by atoms with van der Waals surface area (Å²) in [4.78, 5) is 12.1. The number of aliphatic hydroxyl groups excluding tert-OH is 1. The number of anilines is 2. The molecule has 3 unspecified atom stereocenters. The molecule has 1 fully saturated rings. The largest absolute Gasteiger partial charge is 0.396 e. The first-order valence-corrected chi connectivity index (χ1v) is 6.10.